The van der Waals surface area contributed by atoms with Crippen LogP contribution in [0.25, 0.3) is 0 Å². The lowest BCUT2D eigenvalue weighted by atomic mass is 9.81. The highest BCUT2D eigenvalue weighted by Gasteiger charge is 2.27. The van der Waals surface area contributed by atoms with Crippen LogP contribution < -0.4 is 5.73 Å². The zero-order valence-corrected chi connectivity index (χ0v) is 11.5. The van der Waals surface area contributed by atoms with Crippen molar-refractivity contribution < 1.29 is 4.39 Å². The molecule has 0 aliphatic heterocycles. The Kier molecular flexibility index (Phi) is 4.01. The Labute approximate surface area is 114 Å². The van der Waals surface area contributed by atoms with Crippen LogP contribution in [0.5, 0.6) is 0 Å². The summed E-state index contributed by atoms with van der Waals surface area (Å²) in [6.07, 6.45) is 1.69. The van der Waals surface area contributed by atoms with E-state index in [4.69, 9.17) is 5.73 Å². The van der Waals surface area contributed by atoms with Crippen LogP contribution in [0.1, 0.15) is 37.0 Å². The van der Waals surface area contributed by atoms with Gasteiger partial charge in [-0.25, -0.2) is 4.39 Å². The summed E-state index contributed by atoms with van der Waals surface area (Å²) in [5.41, 5.74) is 9.05. The van der Waals surface area contributed by atoms with E-state index in [0.29, 0.717) is 0 Å². The summed E-state index contributed by atoms with van der Waals surface area (Å²) >= 11 is 0. The second kappa shape index (κ2) is 5.54. The molecule has 2 heteroatoms. The molecule has 0 fully saturated rings. The molecule has 2 aromatic carbocycles. The summed E-state index contributed by atoms with van der Waals surface area (Å²) in [5.74, 6) is -0.243. The summed E-state index contributed by atoms with van der Waals surface area (Å²) in [6, 6.07) is 14.8. The standard InChI is InChI=1S/C17H20FN/c1-3-13-7-5-8-14(11-13)17(19,4-2)15-9-6-10-16(18)12-15/h5-12H,3-4,19H2,1-2H3. The van der Waals surface area contributed by atoms with E-state index < -0.39 is 5.54 Å². The number of aryl methyl sites for hydroxylation is 1. The molecule has 1 unspecified atom stereocenters. The normalized spacial score (nSPS) is 14.1. The van der Waals surface area contributed by atoms with Gasteiger partial charge < -0.3 is 5.73 Å². The van der Waals surface area contributed by atoms with E-state index >= 15 is 0 Å². The van der Waals surface area contributed by atoms with Gasteiger partial charge in [0.15, 0.2) is 0 Å². The van der Waals surface area contributed by atoms with E-state index in [0.717, 1.165) is 24.0 Å². The van der Waals surface area contributed by atoms with Gasteiger partial charge in [-0.2, -0.15) is 0 Å². The minimum Gasteiger partial charge on any atom is -0.318 e. The number of rotatable bonds is 4. The van der Waals surface area contributed by atoms with E-state index in [1.165, 1.54) is 17.7 Å². The molecular formula is C17H20FN. The fourth-order valence-corrected chi connectivity index (χ4v) is 2.41. The molecule has 0 aliphatic rings. The third-order valence-electron chi connectivity index (χ3n) is 3.75. The fourth-order valence-electron chi connectivity index (χ4n) is 2.41. The summed E-state index contributed by atoms with van der Waals surface area (Å²) < 4.78 is 13.4. The molecule has 0 radical (unpaired) electrons. The van der Waals surface area contributed by atoms with Gasteiger partial charge >= 0.3 is 0 Å². The Morgan fingerprint density at radius 2 is 1.63 bits per heavy atom. The first kappa shape index (κ1) is 13.8. The lowest BCUT2D eigenvalue weighted by molar-refractivity contribution is 0.512. The van der Waals surface area contributed by atoms with Crippen molar-refractivity contribution in [1.29, 1.82) is 0 Å². The van der Waals surface area contributed by atoms with Gasteiger partial charge in [0, 0.05) is 0 Å². The van der Waals surface area contributed by atoms with Crippen LogP contribution in [0.15, 0.2) is 48.5 Å². The quantitative estimate of drug-likeness (QED) is 0.880. The Balaban J connectivity index is 2.52. The Morgan fingerprint density at radius 3 is 2.21 bits per heavy atom. The average Bonchev–Trinajstić information content (AvgIpc) is 2.46. The van der Waals surface area contributed by atoms with Gasteiger partial charge in [0.2, 0.25) is 0 Å². The van der Waals surface area contributed by atoms with E-state index in [2.05, 4.69) is 19.1 Å². The number of hydrogen-bond donors (Lipinski definition) is 1. The molecule has 1 nitrogen and oxygen atoms in total. The van der Waals surface area contributed by atoms with Crippen molar-refractivity contribution in [2.75, 3.05) is 0 Å². The van der Waals surface area contributed by atoms with E-state index in [1.54, 1.807) is 6.07 Å². The summed E-state index contributed by atoms with van der Waals surface area (Å²) in [4.78, 5) is 0. The topological polar surface area (TPSA) is 26.0 Å². The first-order valence-corrected chi connectivity index (χ1v) is 6.74. The summed E-state index contributed by atoms with van der Waals surface area (Å²) in [7, 11) is 0. The van der Waals surface area contributed by atoms with Crippen LogP contribution >= 0.6 is 0 Å². The molecule has 0 amide bonds. The van der Waals surface area contributed by atoms with Gasteiger partial charge in [-0.1, -0.05) is 50.2 Å². The van der Waals surface area contributed by atoms with Crippen LogP contribution in [0.2, 0.25) is 0 Å². The third-order valence-corrected chi connectivity index (χ3v) is 3.75. The van der Waals surface area contributed by atoms with Crippen molar-refractivity contribution in [3.63, 3.8) is 0 Å². The maximum atomic E-state index is 13.4. The fraction of sp³-hybridized carbons (Fsp3) is 0.294. The van der Waals surface area contributed by atoms with Gasteiger partial charge in [0.1, 0.15) is 5.82 Å². The van der Waals surface area contributed by atoms with Gasteiger partial charge in [0.25, 0.3) is 0 Å². The minimum atomic E-state index is -0.632. The predicted octanol–water partition coefficient (Wildman–Crippen LogP) is 4.00. The minimum absolute atomic E-state index is 0.243. The molecule has 0 saturated heterocycles. The molecule has 0 spiro atoms. The number of hydrogen-bond acceptors (Lipinski definition) is 1. The second-order valence-electron chi connectivity index (χ2n) is 4.89. The predicted molar refractivity (Wildman–Crippen MR) is 77.5 cm³/mol. The molecule has 2 rings (SSSR count). The smallest absolute Gasteiger partial charge is 0.123 e. The number of halogens is 1. The highest BCUT2D eigenvalue weighted by molar-refractivity contribution is 5.39. The monoisotopic (exact) mass is 257 g/mol. The van der Waals surface area contributed by atoms with E-state index in [9.17, 15) is 4.39 Å². The maximum Gasteiger partial charge on any atom is 0.123 e. The Bertz CT molecular complexity index is 565. The highest BCUT2D eigenvalue weighted by Crippen LogP contribution is 2.31. The molecule has 19 heavy (non-hydrogen) atoms. The van der Waals surface area contributed by atoms with Crippen molar-refractivity contribution in [2.45, 2.75) is 32.2 Å². The number of nitrogens with two attached hydrogens (primary N) is 1. The molecule has 0 heterocycles. The molecule has 0 saturated carbocycles. The van der Waals surface area contributed by atoms with Crippen molar-refractivity contribution in [3.05, 3.63) is 71.0 Å². The maximum absolute atomic E-state index is 13.4. The van der Waals surface area contributed by atoms with Gasteiger partial charge in [-0.05, 0) is 41.7 Å². The largest absolute Gasteiger partial charge is 0.318 e. The van der Waals surface area contributed by atoms with Crippen LogP contribution in [0.4, 0.5) is 4.39 Å². The molecule has 0 aliphatic carbocycles. The van der Waals surface area contributed by atoms with Crippen LogP contribution in [0.3, 0.4) is 0 Å². The van der Waals surface area contributed by atoms with E-state index in [1.807, 2.05) is 25.1 Å². The SMILES string of the molecule is CCc1cccc(C(N)(CC)c2cccc(F)c2)c1. The second-order valence-corrected chi connectivity index (χ2v) is 4.89. The van der Waals surface area contributed by atoms with Gasteiger partial charge in [-0.3, -0.25) is 0 Å². The average molecular weight is 257 g/mol. The molecular weight excluding hydrogens is 237 g/mol. The molecule has 2 aromatic rings. The Morgan fingerprint density at radius 1 is 1.00 bits per heavy atom. The zero-order valence-electron chi connectivity index (χ0n) is 11.5. The highest BCUT2D eigenvalue weighted by atomic mass is 19.1. The van der Waals surface area contributed by atoms with Crippen LogP contribution in [-0.2, 0) is 12.0 Å². The summed E-state index contributed by atoms with van der Waals surface area (Å²) in [6.45, 7) is 4.15. The van der Waals surface area contributed by atoms with Crippen molar-refractivity contribution in [1.82, 2.24) is 0 Å². The van der Waals surface area contributed by atoms with Crippen LogP contribution in [0, 0.1) is 5.82 Å². The molecule has 100 valence electrons. The number of benzene rings is 2. The van der Waals surface area contributed by atoms with Crippen LogP contribution in [-0.4, -0.2) is 0 Å². The molecule has 1 atom stereocenters. The van der Waals surface area contributed by atoms with Crippen molar-refractivity contribution in [3.8, 4) is 0 Å². The first-order chi connectivity index (χ1) is 9.10. The molecule has 0 aromatic heterocycles. The first-order valence-electron chi connectivity index (χ1n) is 6.74. The van der Waals surface area contributed by atoms with Gasteiger partial charge in [0.05, 0.1) is 5.54 Å². The zero-order chi connectivity index (χ0) is 13.9. The van der Waals surface area contributed by atoms with Crippen molar-refractivity contribution in [2.24, 2.45) is 5.73 Å². The van der Waals surface area contributed by atoms with E-state index in [-0.39, 0.29) is 5.82 Å². The lowest BCUT2D eigenvalue weighted by Crippen LogP contribution is -2.37. The van der Waals surface area contributed by atoms with Crippen molar-refractivity contribution >= 4 is 0 Å². The molecule has 2 N–H and O–H groups in total. The van der Waals surface area contributed by atoms with Gasteiger partial charge in [-0.15, -0.1) is 0 Å². The summed E-state index contributed by atoms with van der Waals surface area (Å²) in [5, 5.41) is 0. The third kappa shape index (κ3) is 2.69. The Hall–Kier alpha value is -1.67. The molecule has 0 bridgehead atoms. The lowest BCUT2D eigenvalue weighted by Gasteiger charge is -2.30.